The number of pyridine rings is 1. The van der Waals surface area contributed by atoms with Crippen molar-refractivity contribution in [3.05, 3.63) is 29.5 Å². The number of hydrogen-bond donors (Lipinski definition) is 1. The van der Waals surface area contributed by atoms with Crippen LogP contribution in [-0.4, -0.2) is 42.4 Å². The summed E-state index contributed by atoms with van der Waals surface area (Å²) in [4.78, 5) is 17.2. The molecule has 0 spiro atoms. The zero-order valence-corrected chi connectivity index (χ0v) is 20.8. The number of nitrogens with zero attached hydrogens (tertiary/aromatic N) is 2. The number of hydrogen-bond acceptors (Lipinski definition) is 5. The van der Waals surface area contributed by atoms with Crippen molar-refractivity contribution >= 4 is 17.9 Å². The molecule has 0 amide bonds. The van der Waals surface area contributed by atoms with Gasteiger partial charge in [0.05, 0.1) is 13.0 Å². The topological polar surface area (TPSA) is 62.7 Å². The number of carbonyl (C=O) groups excluding carboxylic acids is 1. The number of anilines is 1. The summed E-state index contributed by atoms with van der Waals surface area (Å²) < 4.78 is 43.7. The highest BCUT2D eigenvalue weighted by molar-refractivity contribution is 5.73. The lowest BCUT2D eigenvalue weighted by Crippen LogP contribution is -2.37. The van der Waals surface area contributed by atoms with Crippen molar-refractivity contribution in [1.29, 1.82) is 0 Å². The third-order valence-corrected chi connectivity index (χ3v) is 4.06. The third kappa shape index (κ3) is 12.1. The van der Waals surface area contributed by atoms with Gasteiger partial charge in [-0.1, -0.05) is 46.8 Å². The van der Waals surface area contributed by atoms with Gasteiger partial charge >= 0.3 is 12.1 Å². The molecule has 2 rings (SSSR count). The fourth-order valence-electron chi connectivity index (χ4n) is 2.74. The van der Waals surface area contributed by atoms with Crippen LogP contribution in [0.15, 0.2) is 18.2 Å². The van der Waals surface area contributed by atoms with E-state index in [0.29, 0.717) is 37.3 Å². The van der Waals surface area contributed by atoms with Crippen molar-refractivity contribution in [2.45, 2.75) is 80.0 Å². The molecule has 32 heavy (non-hydrogen) atoms. The fourth-order valence-corrected chi connectivity index (χ4v) is 2.74. The number of ether oxygens (including phenoxy) is 1. The molecular weight excluding hydrogens is 421 g/mol. The standard InChI is InChI=1S/C17H21F3N2O2.C3H8O.2C2H6/c1-3-4-5-12-6-7-14(17(18,19)20)21-15(12)22-10-8-13(9-11-22)16(23)24-2;1-3(2)4;2*1-2/h4-7,13H,3,8-11H2,1-2H3;3-4H,1-2H3;2*1-2H3/b5-4+;;;. The third-order valence-electron chi connectivity index (χ3n) is 4.06. The van der Waals surface area contributed by atoms with Crippen LogP contribution >= 0.6 is 0 Å². The first-order chi connectivity index (χ1) is 15.1. The van der Waals surface area contributed by atoms with Gasteiger partial charge in [0.25, 0.3) is 0 Å². The molecule has 0 unspecified atom stereocenters. The minimum Gasteiger partial charge on any atom is -0.469 e. The van der Waals surface area contributed by atoms with E-state index >= 15 is 0 Å². The van der Waals surface area contributed by atoms with Crippen molar-refractivity contribution in [3.63, 3.8) is 0 Å². The highest BCUT2D eigenvalue weighted by Crippen LogP contribution is 2.32. The first kappa shape index (κ1) is 32.1. The van der Waals surface area contributed by atoms with E-state index in [4.69, 9.17) is 9.84 Å². The van der Waals surface area contributed by atoms with E-state index in [2.05, 4.69) is 4.98 Å². The molecule has 0 atom stereocenters. The summed E-state index contributed by atoms with van der Waals surface area (Å²) in [6.07, 6.45) is 0.893. The van der Waals surface area contributed by atoms with Gasteiger partial charge in [-0.15, -0.1) is 0 Å². The molecule has 1 saturated heterocycles. The van der Waals surface area contributed by atoms with Crippen LogP contribution in [0.1, 0.15) is 79.0 Å². The number of rotatable bonds is 4. The summed E-state index contributed by atoms with van der Waals surface area (Å²) in [5, 5.41) is 8.06. The average Bonchev–Trinajstić information content (AvgIpc) is 2.79. The van der Waals surface area contributed by atoms with Gasteiger partial charge in [-0.3, -0.25) is 4.79 Å². The number of aliphatic hydroxyl groups excluding tert-OH is 1. The first-order valence-electron chi connectivity index (χ1n) is 11.4. The average molecular weight is 463 g/mol. The van der Waals surface area contributed by atoms with Crippen molar-refractivity contribution in [2.75, 3.05) is 25.1 Å². The minimum atomic E-state index is -4.48. The quantitative estimate of drug-likeness (QED) is 0.528. The van der Waals surface area contributed by atoms with Crippen LogP contribution in [-0.2, 0) is 15.7 Å². The molecule has 0 radical (unpaired) electrons. The van der Waals surface area contributed by atoms with Gasteiger partial charge in [-0.25, -0.2) is 4.98 Å². The Morgan fingerprint density at radius 1 is 1.22 bits per heavy atom. The molecule has 0 aromatic carbocycles. The monoisotopic (exact) mass is 462 g/mol. The van der Waals surface area contributed by atoms with E-state index in [1.165, 1.54) is 13.2 Å². The van der Waals surface area contributed by atoms with Crippen molar-refractivity contribution in [3.8, 4) is 0 Å². The van der Waals surface area contributed by atoms with Gasteiger partial charge in [0.15, 0.2) is 0 Å². The molecule has 8 heteroatoms. The van der Waals surface area contributed by atoms with Crippen molar-refractivity contribution < 1.29 is 27.8 Å². The van der Waals surface area contributed by atoms with Crippen LogP contribution in [0.5, 0.6) is 0 Å². The minimum absolute atomic E-state index is 0.167. The Morgan fingerprint density at radius 3 is 2.12 bits per heavy atom. The molecule has 1 aromatic rings. The molecule has 1 aromatic heterocycles. The Labute approximate surface area is 191 Å². The molecule has 5 nitrogen and oxygen atoms in total. The molecule has 0 aliphatic carbocycles. The van der Waals surface area contributed by atoms with Crippen molar-refractivity contribution in [2.24, 2.45) is 5.92 Å². The summed E-state index contributed by atoms with van der Waals surface area (Å²) in [6, 6.07) is 2.45. The first-order valence-corrected chi connectivity index (χ1v) is 11.4. The molecule has 2 heterocycles. The Balaban J connectivity index is 0. The van der Waals surface area contributed by atoms with Gasteiger partial charge in [-0.05, 0) is 45.2 Å². The van der Waals surface area contributed by atoms with Gasteiger partial charge < -0.3 is 14.7 Å². The highest BCUT2D eigenvalue weighted by atomic mass is 19.4. The Bertz CT molecular complexity index is 652. The van der Waals surface area contributed by atoms with Gasteiger partial charge in [0.2, 0.25) is 0 Å². The van der Waals surface area contributed by atoms with Crippen LogP contribution in [0.3, 0.4) is 0 Å². The molecule has 0 saturated carbocycles. The summed E-state index contributed by atoms with van der Waals surface area (Å²) in [7, 11) is 1.34. The number of piperidine rings is 1. The lowest BCUT2D eigenvalue weighted by molar-refractivity contribution is -0.146. The lowest BCUT2D eigenvalue weighted by Gasteiger charge is -2.32. The molecule has 0 bridgehead atoms. The van der Waals surface area contributed by atoms with E-state index in [0.717, 1.165) is 12.5 Å². The number of aromatic nitrogens is 1. The number of halogens is 3. The zero-order valence-electron chi connectivity index (χ0n) is 20.8. The van der Waals surface area contributed by atoms with E-state index in [1.54, 1.807) is 19.9 Å². The zero-order chi connectivity index (χ0) is 25.3. The van der Waals surface area contributed by atoms with Crippen LogP contribution in [0, 0.1) is 5.92 Å². The Morgan fingerprint density at radius 2 is 1.72 bits per heavy atom. The number of aliphatic hydroxyl groups is 1. The lowest BCUT2D eigenvalue weighted by atomic mass is 9.96. The normalized spacial score (nSPS) is 14.0. The second-order valence-electron chi connectivity index (χ2n) is 6.80. The Kier molecular flexibility index (Phi) is 17.5. The van der Waals surface area contributed by atoms with Crippen molar-refractivity contribution in [1.82, 2.24) is 4.98 Å². The summed E-state index contributed by atoms with van der Waals surface area (Å²) in [6.45, 7) is 14.3. The number of carbonyl (C=O) groups is 1. The maximum absolute atomic E-state index is 13.0. The highest BCUT2D eigenvalue weighted by Gasteiger charge is 2.34. The Hall–Kier alpha value is -2.09. The van der Waals surface area contributed by atoms with Gasteiger partial charge in [0, 0.05) is 24.8 Å². The number of alkyl halides is 3. The van der Waals surface area contributed by atoms with Gasteiger partial charge in [-0.2, -0.15) is 13.2 Å². The SMILES string of the molecule is CC.CC.CC(C)O.CC/C=C/c1ccc(C(F)(F)F)nc1N1CCC(C(=O)OC)CC1. The largest absolute Gasteiger partial charge is 0.469 e. The van der Waals surface area contributed by atoms with Crippen LogP contribution < -0.4 is 4.90 Å². The predicted octanol–water partition coefficient (Wildman–Crippen LogP) is 6.35. The molecule has 1 fully saturated rings. The molecule has 1 N–H and O–H groups in total. The maximum atomic E-state index is 13.0. The molecule has 1 aliphatic rings. The van der Waals surface area contributed by atoms with E-state index in [9.17, 15) is 18.0 Å². The molecule has 1 aliphatic heterocycles. The van der Waals surface area contributed by atoms with E-state index in [1.807, 2.05) is 45.6 Å². The van der Waals surface area contributed by atoms with E-state index < -0.39 is 11.9 Å². The summed E-state index contributed by atoms with van der Waals surface area (Å²) >= 11 is 0. The van der Waals surface area contributed by atoms with Crippen LogP contribution in [0.4, 0.5) is 19.0 Å². The molecular formula is C24H41F3N2O3. The van der Waals surface area contributed by atoms with E-state index in [-0.39, 0.29) is 18.0 Å². The predicted molar refractivity (Wildman–Crippen MR) is 126 cm³/mol. The maximum Gasteiger partial charge on any atom is 0.433 e. The number of methoxy groups -OCH3 is 1. The number of esters is 1. The van der Waals surface area contributed by atoms with Crippen LogP contribution in [0.25, 0.3) is 6.08 Å². The van der Waals surface area contributed by atoms with Gasteiger partial charge in [0.1, 0.15) is 11.5 Å². The number of allylic oxidation sites excluding steroid dienone is 1. The summed E-state index contributed by atoms with van der Waals surface area (Å²) in [5.41, 5.74) is -0.248. The second-order valence-corrected chi connectivity index (χ2v) is 6.80. The summed E-state index contributed by atoms with van der Waals surface area (Å²) in [5.74, 6) is -0.151. The molecule has 186 valence electrons. The fraction of sp³-hybridized carbons (Fsp3) is 0.667. The smallest absolute Gasteiger partial charge is 0.433 e. The second kappa shape index (κ2) is 17.5. The van der Waals surface area contributed by atoms with Crippen LogP contribution in [0.2, 0.25) is 0 Å².